The zero-order valence-corrected chi connectivity index (χ0v) is 5.47. The summed E-state index contributed by atoms with van der Waals surface area (Å²) < 4.78 is 22.9. The second-order valence-electron chi connectivity index (χ2n) is 1.76. The Hall–Kier alpha value is -0.110. The smallest absolute Gasteiger partial charge is 0.172 e. The number of rotatable bonds is 1. The van der Waals surface area contributed by atoms with Gasteiger partial charge in [-0.2, -0.15) is 8.78 Å². The van der Waals surface area contributed by atoms with Crippen LogP contribution < -0.4 is 0 Å². The largest absolute Gasteiger partial charge is 0.284 e. The first-order valence-electron chi connectivity index (χ1n) is 2.26. The van der Waals surface area contributed by atoms with E-state index in [1.54, 1.807) is 13.8 Å². The van der Waals surface area contributed by atoms with Gasteiger partial charge in [-0.25, -0.2) is 0 Å². The van der Waals surface area contributed by atoms with Crippen molar-refractivity contribution in [3.63, 3.8) is 0 Å². The van der Waals surface area contributed by atoms with Crippen molar-refractivity contribution in [3.05, 3.63) is 11.1 Å². The predicted octanol–water partition coefficient (Wildman–Crippen LogP) is 2.99. The normalized spacial score (nSPS) is 9.75. The lowest BCUT2D eigenvalue weighted by atomic mass is 10.2. The van der Waals surface area contributed by atoms with Gasteiger partial charge in [0.15, 0.2) is 0 Å². The van der Waals surface area contributed by atoms with Gasteiger partial charge in [0.05, 0.1) is 5.03 Å². The van der Waals surface area contributed by atoms with Crippen LogP contribution in [-0.4, -0.2) is 0 Å². The van der Waals surface area contributed by atoms with Crippen LogP contribution in [0.5, 0.6) is 0 Å². The third kappa shape index (κ3) is 2.26. The third-order valence-corrected chi connectivity index (χ3v) is 1.27. The van der Waals surface area contributed by atoms with E-state index in [1.807, 2.05) is 0 Å². The van der Waals surface area contributed by atoms with Crippen LogP contribution in [0.25, 0.3) is 0 Å². The van der Waals surface area contributed by atoms with E-state index in [2.05, 4.69) is 0 Å². The SMILES string of the molecule is CC(C)C(Cl)=C(F)F. The zero-order valence-electron chi connectivity index (χ0n) is 4.71. The van der Waals surface area contributed by atoms with E-state index in [4.69, 9.17) is 11.6 Å². The molecule has 0 amide bonds. The minimum Gasteiger partial charge on any atom is -0.172 e. The van der Waals surface area contributed by atoms with Crippen LogP contribution in [0.4, 0.5) is 8.78 Å². The molecule has 0 rings (SSSR count). The van der Waals surface area contributed by atoms with Gasteiger partial charge < -0.3 is 0 Å². The van der Waals surface area contributed by atoms with Crippen molar-refractivity contribution in [2.45, 2.75) is 13.8 Å². The van der Waals surface area contributed by atoms with Crippen LogP contribution >= 0.6 is 11.6 Å². The molecule has 0 aromatic heterocycles. The molecule has 0 N–H and O–H groups in total. The highest BCUT2D eigenvalue weighted by molar-refractivity contribution is 6.29. The molecule has 48 valence electrons. The fourth-order valence-electron chi connectivity index (χ4n) is 0.218. The molecule has 8 heavy (non-hydrogen) atoms. The van der Waals surface area contributed by atoms with Gasteiger partial charge in [-0.05, 0) is 5.92 Å². The Morgan fingerprint density at radius 3 is 1.75 bits per heavy atom. The van der Waals surface area contributed by atoms with E-state index in [0.29, 0.717) is 0 Å². The first-order chi connectivity index (χ1) is 3.55. The molecule has 0 saturated carbocycles. The van der Waals surface area contributed by atoms with Crippen molar-refractivity contribution in [3.8, 4) is 0 Å². The van der Waals surface area contributed by atoms with Gasteiger partial charge >= 0.3 is 0 Å². The molecule has 0 aliphatic carbocycles. The van der Waals surface area contributed by atoms with Crippen molar-refractivity contribution in [1.29, 1.82) is 0 Å². The van der Waals surface area contributed by atoms with Crippen molar-refractivity contribution < 1.29 is 8.78 Å². The van der Waals surface area contributed by atoms with Crippen molar-refractivity contribution >= 4 is 11.6 Å². The van der Waals surface area contributed by atoms with Crippen molar-refractivity contribution in [1.82, 2.24) is 0 Å². The highest BCUT2D eigenvalue weighted by atomic mass is 35.5. The lowest BCUT2D eigenvalue weighted by Gasteiger charge is -1.97. The predicted molar refractivity (Wildman–Crippen MR) is 29.9 cm³/mol. The van der Waals surface area contributed by atoms with E-state index < -0.39 is 6.08 Å². The number of hydrogen-bond donors (Lipinski definition) is 0. The van der Waals surface area contributed by atoms with Crippen molar-refractivity contribution in [2.24, 2.45) is 5.92 Å². The molecular formula is C5H7ClF2. The minimum absolute atomic E-state index is 0.262. The van der Waals surface area contributed by atoms with Gasteiger partial charge in [0.2, 0.25) is 0 Å². The van der Waals surface area contributed by atoms with E-state index in [1.165, 1.54) is 0 Å². The second-order valence-corrected chi connectivity index (χ2v) is 2.17. The average molecular weight is 141 g/mol. The van der Waals surface area contributed by atoms with E-state index >= 15 is 0 Å². The van der Waals surface area contributed by atoms with E-state index in [0.717, 1.165) is 0 Å². The van der Waals surface area contributed by atoms with E-state index in [9.17, 15) is 8.78 Å². The summed E-state index contributed by atoms with van der Waals surface area (Å²) >= 11 is 5.08. The summed E-state index contributed by atoms with van der Waals surface area (Å²) in [6.45, 7) is 3.23. The molecule has 0 aromatic carbocycles. The second kappa shape index (κ2) is 3.02. The first kappa shape index (κ1) is 7.89. The summed E-state index contributed by atoms with van der Waals surface area (Å²) in [6.07, 6.45) is -1.78. The Morgan fingerprint density at radius 1 is 1.38 bits per heavy atom. The van der Waals surface area contributed by atoms with Gasteiger partial charge in [0, 0.05) is 0 Å². The van der Waals surface area contributed by atoms with Crippen LogP contribution in [0.1, 0.15) is 13.8 Å². The molecule has 0 atom stereocenters. The maximum absolute atomic E-state index is 11.4. The maximum atomic E-state index is 11.4. The van der Waals surface area contributed by atoms with Gasteiger partial charge in [-0.3, -0.25) is 0 Å². The number of hydrogen-bond acceptors (Lipinski definition) is 0. The molecule has 0 unspecified atom stereocenters. The van der Waals surface area contributed by atoms with Crippen LogP contribution in [0.3, 0.4) is 0 Å². The average Bonchev–Trinajstić information content (AvgIpc) is 1.64. The summed E-state index contributed by atoms with van der Waals surface area (Å²) in [7, 11) is 0. The Balaban J connectivity index is 4.00. The monoisotopic (exact) mass is 140 g/mol. The Morgan fingerprint density at radius 2 is 1.75 bits per heavy atom. The topological polar surface area (TPSA) is 0 Å². The quantitative estimate of drug-likeness (QED) is 0.525. The summed E-state index contributed by atoms with van der Waals surface area (Å²) in [5, 5.41) is -0.343. The highest BCUT2D eigenvalue weighted by Gasteiger charge is 2.05. The fourth-order valence-corrected chi connectivity index (χ4v) is 0.218. The summed E-state index contributed by atoms with van der Waals surface area (Å²) in [5.74, 6) is -0.262. The summed E-state index contributed by atoms with van der Waals surface area (Å²) in [6, 6.07) is 0. The maximum Gasteiger partial charge on any atom is 0.284 e. The van der Waals surface area contributed by atoms with Crippen molar-refractivity contribution in [2.75, 3.05) is 0 Å². The lowest BCUT2D eigenvalue weighted by Crippen LogP contribution is -1.85. The molecular weight excluding hydrogens is 134 g/mol. The van der Waals surface area contributed by atoms with Crippen LogP contribution in [0.2, 0.25) is 0 Å². The summed E-state index contributed by atoms with van der Waals surface area (Å²) in [4.78, 5) is 0. The molecule has 3 heteroatoms. The molecule has 0 nitrogen and oxygen atoms in total. The molecule has 0 aliphatic rings. The molecule has 0 aliphatic heterocycles. The molecule has 0 radical (unpaired) electrons. The van der Waals surface area contributed by atoms with Gasteiger partial charge in [-0.15, -0.1) is 0 Å². The zero-order chi connectivity index (χ0) is 6.73. The highest BCUT2D eigenvalue weighted by Crippen LogP contribution is 2.20. The molecule has 0 spiro atoms. The fraction of sp³-hybridized carbons (Fsp3) is 0.600. The van der Waals surface area contributed by atoms with Crippen LogP contribution in [0.15, 0.2) is 11.1 Å². The molecule has 0 heterocycles. The van der Waals surface area contributed by atoms with Gasteiger partial charge in [-0.1, -0.05) is 25.4 Å². The standard InChI is InChI=1S/C5H7ClF2/c1-3(2)4(6)5(7)8/h3H,1-2H3. The molecule has 0 saturated heterocycles. The Labute approximate surface area is 52.1 Å². The molecule has 0 aromatic rings. The summed E-state index contributed by atoms with van der Waals surface area (Å²) in [5.41, 5.74) is 0. The number of halogens is 3. The Bertz CT molecular complexity index is 103. The third-order valence-electron chi connectivity index (χ3n) is 0.687. The number of allylic oxidation sites excluding steroid dienone is 1. The molecule has 0 bridgehead atoms. The van der Waals surface area contributed by atoms with Crippen LogP contribution in [0, 0.1) is 5.92 Å². The Kier molecular flexibility index (Phi) is 2.98. The first-order valence-corrected chi connectivity index (χ1v) is 2.64. The van der Waals surface area contributed by atoms with Gasteiger partial charge in [0.1, 0.15) is 0 Å². The minimum atomic E-state index is -1.78. The van der Waals surface area contributed by atoms with Crippen LogP contribution in [-0.2, 0) is 0 Å². The van der Waals surface area contributed by atoms with E-state index in [-0.39, 0.29) is 11.0 Å². The van der Waals surface area contributed by atoms with Gasteiger partial charge in [0.25, 0.3) is 6.08 Å². The lowest BCUT2D eigenvalue weighted by molar-refractivity contribution is 0.408. The molecule has 0 fully saturated rings.